The molecule has 3 aromatic carbocycles. The van der Waals surface area contributed by atoms with Crippen LogP contribution in [-0.2, 0) is 22.3 Å². The average Bonchev–Trinajstić information content (AvgIpc) is 3.34. The average molecular weight is 569 g/mol. The fourth-order valence-corrected chi connectivity index (χ4v) is 4.69. The monoisotopic (exact) mass is 568 g/mol. The molecule has 0 saturated carbocycles. The molecule has 0 unspecified atom stereocenters. The fraction of sp³-hybridized carbons (Fsp3) is 0.276. The van der Waals surface area contributed by atoms with Crippen LogP contribution in [0.25, 0.3) is 22.2 Å². The highest BCUT2D eigenvalue weighted by Crippen LogP contribution is 2.32. The molecule has 4 aromatic rings. The number of aromatic amines is 1. The molecule has 0 aliphatic carbocycles. The third-order valence-corrected chi connectivity index (χ3v) is 6.96. The van der Waals surface area contributed by atoms with E-state index < -0.39 is 41.5 Å². The van der Waals surface area contributed by atoms with Crippen LogP contribution in [0.3, 0.4) is 0 Å². The van der Waals surface area contributed by atoms with Gasteiger partial charge in [0.1, 0.15) is 12.2 Å². The number of carbonyl (C=O) groups excluding carboxylic acids is 2. The van der Waals surface area contributed by atoms with E-state index in [-0.39, 0.29) is 0 Å². The molecule has 2 heterocycles. The molecule has 8 nitrogen and oxygen atoms in total. The van der Waals surface area contributed by atoms with E-state index >= 15 is 0 Å². The van der Waals surface area contributed by atoms with E-state index in [2.05, 4.69) is 44.5 Å². The zero-order valence-corrected chi connectivity index (χ0v) is 22.2. The van der Waals surface area contributed by atoms with Crippen LogP contribution in [0, 0.1) is 5.82 Å². The van der Waals surface area contributed by atoms with Crippen LogP contribution < -0.4 is 10.6 Å². The smallest absolute Gasteiger partial charge is 0.326 e. The number of fused-ring (bicyclic) bond motifs is 1. The molecule has 1 fully saturated rings. The lowest BCUT2D eigenvalue weighted by molar-refractivity contribution is -0.137. The zero-order chi connectivity index (χ0) is 29.1. The second kappa shape index (κ2) is 11.7. The summed E-state index contributed by atoms with van der Waals surface area (Å²) in [5, 5.41) is 12.8. The molecule has 41 heavy (non-hydrogen) atoms. The summed E-state index contributed by atoms with van der Waals surface area (Å²) in [5.74, 6) is -2.72. The second-order valence-corrected chi connectivity index (χ2v) is 10.1. The molecule has 0 atom stereocenters. The van der Waals surface area contributed by atoms with Gasteiger partial charge in [-0.05, 0) is 49.0 Å². The molecule has 214 valence electrons. The van der Waals surface area contributed by atoms with Crippen molar-refractivity contribution >= 4 is 34.1 Å². The number of aromatic nitrogens is 2. The van der Waals surface area contributed by atoms with Crippen LogP contribution in [-0.4, -0.2) is 65.0 Å². The van der Waals surface area contributed by atoms with Crippen molar-refractivity contribution in [1.29, 1.82) is 0 Å². The van der Waals surface area contributed by atoms with E-state index in [1.807, 2.05) is 17.4 Å². The molecule has 1 saturated heterocycles. The molecule has 0 spiro atoms. The van der Waals surface area contributed by atoms with Gasteiger partial charge in [-0.15, -0.1) is 0 Å². The van der Waals surface area contributed by atoms with Gasteiger partial charge in [-0.3, -0.25) is 19.6 Å². The van der Waals surface area contributed by atoms with Crippen molar-refractivity contribution in [3.8, 4) is 11.3 Å². The quantitative estimate of drug-likeness (QED) is 0.213. The first kappa shape index (κ1) is 28.2. The maximum Gasteiger partial charge on any atom is 0.416 e. The van der Waals surface area contributed by atoms with Crippen LogP contribution in [0.1, 0.15) is 17.5 Å². The van der Waals surface area contributed by atoms with Gasteiger partial charge in [0.15, 0.2) is 0 Å². The fourth-order valence-electron chi connectivity index (χ4n) is 4.69. The van der Waals surface area contributed by atoms with Crippen LogP contribution in [0.15, 0.2) is 60.7 Å². The Kier molecular flexibility index (Phi) is 8.04. The van der Waals surface area contributed by atoms with E-state index in [4.69, 9.17) is 0 Å². The molecule has 0 radical (unpaired) electrons. The second-order valence-electron chi connectivity index (χ2n) is 10.1. The van der Waals surface area contributed by atoms with E-state index in [0.29, 0.717) is 29.4 Å². The number of piperazine rings is 1. The Labute approximate surface area is 233 Å². The Morgan fingerprint density at radius 3 is 2.34 bits per heavy atom. The first-order chi connectivity index (χ1) is 19.5. The summed E-state index contributed by atoms with van der Waals surface area (Å²) in [6, 6.07) is 15.0. The van der Waals surface area contributed by atoms with Gasteiger partial charge in [-0.1, -0.05) is 24.3 Å². The molecule has 1 aliphatic rings. The van der Waals surface area contributed by atoms with Gasteiger partial charge < -0.3 is 15.5 Å². The topological polar surface area (TPSA) is 93.4 Å². The van der Waals surface area contributed by atoms with E-state index in [9.17, 15) is 27.2 Å². The lowest BCUT2D eigenvalue weighted by Crippen LogP contribution is -2.43. The van der Waals surface area contributed by atoms with E-state index in [0.717, 1.165) is 49.4 Å². The molecule has 1 aromatic heterocycles. The first-order valence-corrected chi connectivity index (χ1v) is 13.0. The number of H-pyrrole nitrogens is 1. The molecular weight excluding hydrogens is 540 g/mol. The molecular formula is C29H28F4N6O2. The Morgan fingerprint density at radius 2 is 1.63 bits per heavy atom. The molecule has 5 rings (SSSR count). The number of nitrogens with one attached hydrogen (secondary N) is 3. The van der Waals surface area contributed by atoms with Gasteiger partial charge in [0.2, 0.25) is 11.8 Å². The SMILES string of the molecule is CN1CCN(Cc2ccc(-c3n[nH]c4cc(NC(=O)CC(=O)Nc5cc(C(F)(F)F)ccc5F)ccc34)cc2)CC1. The number of amides is 2. The van der Waals surface area contributed by atoms with Gasteiger partial charge in [-0.25, -0.2) is 4.39 Å². The van der Waals surface area contributed by atoms with Crippen molar-refractivity contribution in [2.45, 2.75) is 19.1 Å². The summed E-state index contributed by atoms with van der Waals surface area (Å²) < 4.78 is 52.6. The maximum absolute atomic E-state index is 13.9. The number of hydrogen-bond donors (Lipinski definition) is 3. The Hall–Kier alpha value is -4.29. The van der Waals surface area contributed by atoms with Gasteiger partial charge in [0.25, 0.3) is 0 Å². The van der Waals surface area contributed by atoms with Crippen molar-refractivity contribution in [1.82, 2.24) is 20.0 Å². The predicted molar refractivity (Wildman–Crippen MR) is 148 cm³/mol. The molecule has 0 bridgehead atoms. The number of carbonyl (C=O) groups is 2. The normalized spacial score (nSPS) is 14.8. The lowest BCUT2D eigenvalue weighted by atomic mass is 10.0. The molecule has 1 aliphatic heterocycles. The van der Waals surface area contributed by atoms with Gasteiger partial charge in [-0.2, -0.15) is 18.3 Å². The van der Waals surface area contributed by atoms with Crippen LogP contribution in [0.4, 0.5) is 28.9 Å². The van der Waals surface area contributed by atoms with Crippen molar-refractivity contribution in [2.24, 2.45) is 0 Å². The van der Waals surface area contributed by atoms with Crippen LogP contribution in [0.2, 0.25) is 0 Å². The number of anilines is 2. The number of alkyl halides is 3. The predicted octanol–water partition coefficient (Wildman–Crippen LogP) is 5.10. The third-order valence-electron chi connectivity index (χ3n) is 6.96. The Balaban J connectivity index is 1.20. The molecule has 2 amide bonds. The standard InChI is InChI=1S/C29H28F4N6O2/c1-38-10-12-39(13-11-38)17-18-2-4-19(5-3-18)28-22-8-7-21(15-24(22)36-37-28)34-26(40)16-27(41)35-25-14-20(29(31,32)33)6-9-23(25)30/h2-9,14-15H,10-13,16-17H2,1H3,(H,34,40)(H,35,41)(H,36,37). The number of benzene rings is 3. The Morgan fingerprint density at radius 1 is 0.927 bits per heavy atom. The Bertz CT molecular complexity index is 1560. The van der Waals surface area contributed by atoms with Gasteiger partial charge in [0, 0.05) is 49.4 Å². The number of likely N-dealkylation sites (N-methyl/N-ethyl adjacent to an activating group) is 1. The summed E-state index contributed by atoms with van der Waals surface area (Å²) in [6.45, 7) is 5.10. The van der Waals surface area contributed by atoms with Gasteiger partial charge >= 0.3 is 6.18 Å². The zero-order valence-electron chi connectivity index (χ0n) is 22.2. The minimum Gasteiger partial charge on any atom is -0.326 e. The molecule has 12 heteroatoms. The lowest BCUT2D eigenvalue weighted by Gasteiger charge is -2.32. The third kappa shape index (κ3) is 6.90. The summed E-state index contributed by atoms with van der Waals surface area (Å²) >= 11 is 0. The van der Waals surface area contributed by atoms with E-state index in [1.54, 1.807) is 18.2 Å². The van der Waals surface area contributed by atoms with Crippen LogP contribution in [0.5, 0.6) is 0 Å². The van der Waals surface area contributed by atoms with Crippen molar-refractivity contribution in [3.05, 3.63) is 77.6 Å². The van der Waals surface area contributed by atoms with Crippen LogP contribution >= 0.6 is 0 Å². The maximum atomic E-state index is 13.9. The number of rotatable bonds is 7. The first-order valence-electron chi connectivity index (χ1n) is 13.0. The minimum absolute atomic E-state index is 0.387. The molecule has 3 N–H and O–H groups in total. The highest BCUT2D eigenvalue weighted by Gasteiger charge is 2.31. The van der Waals surface area contributed by atoms with E-state index in [1.165, 1.54) is 5.56 Å². The summed E-state index contributed by atoms with van der Waals surface area (Å²) in [6.07, 6.45) is -5.42. The summed E-state index contributed by atoms with van der Waals surface area (Å²) in [5.41, 5.74) is 2.19. The number of hydrogen-bond acceptors (Lipinski definition) is 5. The highest BCUT2D eigenvalue weighted by molar-refractivity contribution is 6.08. The van der Waals surface area contributed by atoms with Crippen molar-refractivity contribution < 1.29 is 27.2 Å². The number of halogens is 4. The van der Waals surface area contributed by atoms with Gasteiger partial charge in [0.05, 0.1) is 22.5 Å². The summed E-state index contributed by atoms with van der Waals surface area (Å²) in [4.78, 5) is 29.4. The summed E-state index contributed by atoms with van der Waals surface area (Å²) in [7, 11) is 2.13. The number of nitrogens with zero attached hydrogens (tertiary/aromatic N) is 3. The van der Waals surface area contributed by atoms with Crippen molar-refractivity contribution in [2.75, 3.05) is 43.9 Å². The largest absolute Gasteiger partial charge is 0.416 e. The highest BCUT2D eigenvalue weighted by atomic mass is 19.4. The van der Waals surface area contributed by atoms with Crippen molar-refractivity contribution in [3.63, 3.8) is 0 Å². The minimum atomic E-state index is -4.70.